The zero-order chi connectivity index (χ0) is 27.7. The zero-order valence-electron chi connectivity index (χ0n) is 18.8. The van der Waals surface area contributed by atoms with Gasteiger partial charge >= 0.3 is 12.5 Å². The predicted molar refractivity (Wildman–Crippen MR) is 115 cm³/mol. The number of carbonyl (C=O) groups excluding carboxylic acids is 2. The van der Waals surface area contributed by atoms with Crippen molar-refractivity contribution in [1.82, 2.24) is 4.98 Å². The van der Waals surface area contributed by atoms with E-state index in [0.29, 0.717) is 12.1 Å². The molecule has 0 aliphatic carbocycles. The second-order valence-electron chi connectivity index (χ2n) is 7.58. The first-order chi connectivity index (χ1) is 17.1. The maximum Gasteiger partial charge on any atom is 0.573 e. The molecule has 3 aromatic rings. The fourth-order valence-corrected chi connectivity index (χ4v) is 3.10. The number of halogens is 7. The number of aryl methyl sites for hydroxylation is 2. The molecule has 0 radical (unpaired) electrons. The number of benzene rings is 2. The predicted octanol–water partition coefficient (Wildman–Crippen LogP) is 5.90. The second-order valence-corrected chi connectivity index (χ2v) is 7.58. The molecule has 0 fully saturated rings. The number of aromatic nitrogens is 1. The Morgan fingerprint density at radius 2 is 1.59 bits per heavy atom. The molecule has 2 amide bonds. The van der Waals surface area contributed by atoms with E-state index in [9.17, 15) is 35.9 Å². The first kappa shape index (κ1) is 27.2. The second kappa shape index (κ2) is 9.95. The van der Waals surface area contributed by atoms with Gasteiger partial charge < -0.3 is 20.5 Å². The van der Waals surface area contributed by atoms with Gasteiger partial charge in [0.15, 0.2) is 5.82 Å². The molecule has 0 atom stereocenters. The van der Waals surface area contributed by atoms with Crippen LogP contribution in [-0.4, -0.2) is 23.2 Å². The summed E-state index contributed by atoms with van der Waals surface area (Å²) in [5.74, 6) is -5.76. The molecular weight excluding hydrogens is 515 g/mol. The van der Waals surface area contributed by atoms with Crippen LogP contribution < -0.4 is 20.5 Å². The molecule has 1 heterocycles. The molecular formula is C23H16F7N3O4. The lowest BCUT2D eigenvalue weighted by atomic mass is 10.1. The number of rotatable bonds is 6. The molecule has 3 rings (SSSR count). The number of nitrogens with one attached hydrogen (secondary N) is 1. The van der Waals surface area contributed by atoms with E-state index < -0.39 is 52.8 Å². The highest BCUT2D eigenvalue weighted by atomic mass is 19.4. The number of nitrogens with zero attached hydrogens (tertiary/aromatic N) is 1. The molecule has 0 saturated heterocycles. The molecule has 37 heavy (non-hydrogen) atoms. The number of nitrogens with two attached hydrogens (primary N) is 1. The third-order valence-corrected chi connectivity index (χ3v) is 4.84. The summed E-state index contributed by atoms with van der Waals surface area (Å²) in [6.45, 7) is 2.74. The number of amides is 2. The lowest BCUT2D eigenvalue weighted by Gasteiger charge is -2.18. The molecule has 0 aliphatic rings. The number of ether oxygens (including phenoxy) is 2. The van der Waals surface area contributed by atoms with Crippen molar-refractivity contribution in [2.75, 3.05) is 5.32 Å². The Labute approximate surface area is 204 Å². The molecule has 0 spiro atoms. The summed E-state index contributed by atoms with van der Waals surface area (Å²) in [5, 5.41) is 2.20. The van der Waals surface area contributed by atoms with E-state index in [1.807, 2.05) is 0 Å². The van der Waals surface area contributed by atoms with Gasteiger partial charge in [-0.25, -0.2) is 4.39 Å². The third-order valence-electron chi connectivity index (χ3n) is 4.84. The molecule has 1 aromatic heterocycles. The van der Waals surface area contributed by atoms with Crippen molar-refractivity contribution in [1.29, 1.82) is 0 Å². The Bertz CT molecular complexity index is 1370. The molecule has 3 N–H and O–H groups in total. The van der Waals surface area contributed by atoms with E-state index in [4.69, 9.17) is 10.5 Å². The zero-order valence-corrected chi connectivity index (χ0v) is 18.8. The Kier molecular flexibility index (Phi) is 7.32. The van der Waals surface area contributed by atoms with Crippen LogP contribution >= 0.6 is 0 Å². The van der Waals surface area contributed by atoms with Crippen LogP contribution in [0, 0.1) is 19.7 Å². The van der Waals surface area contributed by atoms with Crippen LogP contribution in [-0.2, 0) is 6.18 Å². The average Bonchev–Trinajstić information content (AvgIpc) is 2.75. The van der Waals surface area contributed by atoms with E-state index >= 15 is 4.39 Å². The Morgan fingerprint density at radius 3 is 2.16 bits per heavy atom. The van der Waals surface area contributed by atoms with Crippen molar-refractivity contribution in [3.8, 4) is 17.2 Å². The lowest BCUT2D eigenvalue weighted by Crippen LogP contribution is -2.20. The number of hydrogen-bond acceptors (Lipinski definition) is 5. The normalized spacial score (nSPS) is 11.7. The molecule has 0 unspecified atom stereocenters. The third kappa shape index (κ3) is 6.45. The van der Waals surface area contributed by atoms with Gasteiger partial charge in [-0.3, -0.25) is 14.6 Å². The molecule has 0 aliphatic heterocycles. The van der Waals surface area contributed by atoms with Crippen molar-refractivity contribution >= 4 is 17.5 Å². The SMILES string of the molecule is Cc1cnc(C(N)=O)cc1NC(=O)c1c(Oc2ccc(OC(F)(F)F)cc2C)ccc(C(F)(F)F)c1F. The van der Waals surface area contributed by atoms with Gasteiger partial charge in [0.2, 0.25) is 0 Å². The van der Waals surface area contributed by atoms with Gasteiger partial charge in [-0.2, -0.15) is 13.2 Å². The molecule has 0 saturated carbocycles. The van der Waals surface area contributed by atoms with Crippen LogP contribution in [0.4, 0.5) is 36.4 Å². The highest BCUT2D eigenvalue weighted by molar-refractivity contribution is 6.07. The van der Waals surface area contributed by atoms with Gasteiger partial charge in [0, 0.05) is 11.9 Å². The quantitative estimate of drug-likeness (QED) is 0.386. The van der Waals surface area contributed by atoms with Crippen molar-refractivity contribution < 1.29 is 49.8 Å². The van der Waals surface area contributed by atoms with Crippen molar-refractivity contribution in [2.45, 2.75) is 26.4 Å². The summed E-state index contributed by atoms with van der Waals surface area (Å²) in [6, 6.07) is 4.87. The largest absolute Gasteiger partial charge is 0.573 e. The molecule has 0 bridgehead atoms. The number of hydrogen-bond donors (Lipinski definition) is 2. The maximum absolute atomic E-state index is 15.1. The van der Waals surface area contributed by atoms with Crippen LogP contribution in [0.1, 0.15) is 37.5 Å². The van der Waals surface area contributed by atoms with Gasteiger partial charge in [0.1, 0.15) is 28.5 Å². The van der Waals surface area contributed by atoms with Gasteiger partial charge in [-0.1, -0.05) is 0 Å². The number of pyridine rings is 1. The van der Waals surface area contributed by atoms with Crippen LogP contribution in [0.15, 0.2) is 42.6 Å². The van der Waals surface area contributed by atoms with Gasteiger partial charge in [0.05, 0.1) is 5.56 Å². The number of primary amides is 1. The monoisotopic (exact) mass is 531 g/mol. The van der Waals surface area contributed by atoms with Gasteiger partial charge in [-0.15, -0.1) is 13.2 Å². The minimum Gasteiger partial charge on any atom is -0.456 e. The minimum absolute atomic E-state index is 0.0319. The highest BCUT2D eigenvalue weighted by Gasteiger charge is 2.37. The molecule has 14 heteroatoms. The Morgan fingerprint density at radius 1 is 0.946 bits per heavy atom. The van der Waals surface area contributed by atoms with Crippen LogP contribution in [0.5, 0.6) is 17.2 Å². The molecule has 196 valence electrons. The van der Waals surface area contributed by atoms with Gasteiger partial charge in [0.25, 0.3) is 11.8 Å². The average molecular weight is 531 g/mol. The summed E-state index contributed by atoms with van der Waals surface area (Å²) >= 11 is 0. The van der Waals surface area contributed by atoms with Crippen molar-refractivity contribution in [3.05, 3.63) is 76.4 Å². The lowest BCUT2D eigenvalue weighted by molar-refractivity contribution is -0.274. The van der Waals surface area contributed by atoms with Crippen molar-refractivity contribution in [2.24, 2.45) is 5.73 Å². The van der Waals surface area contributed by atoms with Crippen LogP contribution in [0.2, 0.25) is 0 Å². The Balaban J connectivity index is 2.05. The van der Waals surface area contributed by atoms with E-state index in [1.54, 1.807) is 0 Å². The van der Waals surface area contributed by atoms with E-state index in [1.165, 1.54) is 13.8 Å². The summed E-state index contributed by atoms with van der Waals surface area (Å²) in [4.78, 5) is 28.1. The smallest absolute Gasteiger partial charge is 0.456 e. The van der Waals surface area contributed by atoms with Crippen molar-refractivity contribution in [3.63, 3.8) is 0 Å². The summed E-state index contributed by atoms with van der Waals surface area (Å²) in [7, 11) is 0. The topological polar surface area (TPSA) is 104 Å². The maximum atomic E-state index is 15.1. The Hall–Kier alpha value is -4.36. The summed E-state index contributed by atoms with van der Waals surface area (Å²) in [6.07, 6.45) is -8.99. The standard InChI is InChI=1S/C23H16F7N3O4/c1-10-7-12(37-23(28,29)30)3-5-16(10)36-17-6-4-13(22(25,26)27)19(24)18(17)21(35)33-14-8-15(20(31)34)32-9-11(14)2/h3-9H,1-2H3,(H2,31,34)(H,32,33,35). The minimum atomic E-state index is -5.17. The summed E-state index contributed by atoms with van der Waals surface area (Å²) in [5.41, 5.74) is 2.15. The first-order valence-electron chi connectivity index (χ1n) is 10.1. The number of alkyl halides is 6. The fraction of sp³-hybridized carbons (Fsp3) is 0.174. The van der Waals surface area contributed by atoms with Gasteiger partial charge in [-0.05, 0) is 61.4 Å². The van der Waals surface area contributed by atoms with E-state index in [2.05, 4.69) is 15.0 Å². The van der Waals surface area contributed by atoms with Crippen LogP contribution in [0.3, 0.4) is 0 Å². The van der Waals surface area contributed by atoms with E-state index in [0.717, 1.165) is 30.5 Å². The van der Waals surface area contributed by atoms with Crippen LogP contribution in [0.25, 0.3) is 0 Å². The molecule has 2 aromatic carbocycles. The highest BCUT2D eigenvalue weighted by Crippen LogP contribution is 2.38. The van der Waals surface area contributed by atoms with E-state index in [-0.39, 0.29) is 28.3 Å². The number of anilines is 1. The molecule has 7 nitrogen and oxygen atoms in total. The fourth-order valence-electron chi connectivity index (χ4n) is 3.10. The first-order valence-corrected chi connectivity index (χ1v) is 10.1. The summed E-state index contributed by atoms with van der Waals surface area (Å²) < 4.78 is 102. The number of carbonyl (C=O) groups is 2.